The standard InChI is InChI=1S/C24H29N3O3S/c1-5-26(6-2)14-15-27-19(13-12-18-10-8-7-9-11-18)20(22(29)24(27)30)21(28)23-16(3)25-17(4)31-23/h7-13,19,29H,5-6,14-15H2,1-4H3/b13-12+. The number of carbonyl (C=O) groups is 2. The lowest BCUT2D eigenvalue weighted by Crippen LogP contribution is -2.41. The molecule has 1 amide bonds. The molecule has 1 aliphatic heterocycles. The van der Waals surface area contributed by atoms with Crippen molar-refractivity contribution >= 4 is 29.1 Å². The molecule has 0 spiro atoms. The maximum Gasteiger partial charge on any atom is 0.290 e. The van der Waals surface area contributed by atoms with Gasteiger partial charge in [-0.15, -0.1) is 11.3 Å². The van der Waals surface area contributed by atoms with E-state index < -0.39 is 17.7 Å². The van der Waals surface area contributed by atoms with Crippen molar-refractivity contribution in [3.63, 3.8) is 0 Å². The highest BCUT2D eigenvalue weighted by molar-refractivity contribution is 7.14. The third-order valence-corrected chi connectivity index (χ3v) is 6.60. The Balaban J connectivity index is 1.97. The van der Waals surface area contributed by atoms with Crippen molar-refractivity contribution in [2.24, 2.45) is 0 Å². The number of likely N-dealkylation sites (N-methyl/N-ethyl adjacent to an activating group) is 1. The third-order valence-electron chi connectivity index (χ3n) is 5.53. The predicted molar refractivity (Wildman–Crippen MR) is 124 cm³/mol. The van der Waals surface area contributed by atoms with Crippen molar-refractivity contribution in [2.45, 2.75) is 33.7 Å². The van der Waals surface area contributed by atoms with E-state index in [0.29, 0.717) is 23.7 Å². The number of benzene rings is 1. The number of aliphatic hydroxyl groups is 1. The molecule has 6 nitrogen and oxygen atoms in total. The molecule has 0 fully saturated rings. The average Bonchev–Trinajstić information content (AvgIpc) is 3.23. The van der Waals surface area contributed by atoms with Gasteiger partial charge in [0.25, 0.3) is 5.91 Å². The summed E-state index contributed by atoms with van der Waals surface area (Å²) >= 11 is 1.29. The minimum atomic E-state index is -0.627. The van der Waals surface area contributed by atoms with E-state index in [2.05, 4.69) is 23.7 Å². The molecule has 31 heavy (non-hydrogen) atoms. The van der Waals surface area contributed by atoms with Crippen LogP contribution in [0.3, 0.4) is 0 Å². The molecule has 1 N–H and O–H groups in total. The van der Waals surface area contributed by atoms with Gasteiger partial charge in [-0.2, -0.15) is 0 Å². The Hall–Kier alpha value is -2.77. The summed E-state index contributed by atoms with van der Waals surface area (Å²) in [6, 6.07) is 9.07. The van der Waals surface area contributed by atoms with Crippen molar-refractivity contribution in [2.75, 3.05) is 26.2 Å². The van der Waals surface area contributed by atoms with E-state index in [4.69, 9.17) is 0 Å². The van der Waals surface area contributed by atoms with Crippen LogP contribution in [0.15, 0.2) is 47.7 Å². The minimum Gasteiger partial charge on any atom is -0.503 e. The summed E-state index contributed by atoms with van der Waals surface area (Å²) in [7, 11) is 0. The number of hydrogen-bond donors (Lipinski definition) is 1. The molecule has 1 unspecified atom stereocenters. The molecule has 0 saturated heterocycles. The Morgan fingerprint density at radius 2 is 1.90 bits per heavy atom. The first-order valence-corrected chi connectivity index (χ1v) is 11.4. The summed E-state index contributed by atoms with van der Waals surface area (Å²) in [6.07, 6.45) is 3.72. The van der Waals surface area contributed by atoms with E-state index in [1.54, 1.807) is 11.8 Å². The maximum absolute atomic E-state index is 13.4. The highest BCUT2D eigenvalue weighted by Crippen LogP contribution is 2.31. The molecule has 1 aromatic heterocycles. The number of carbonyl (C=O) groups excluding carboxylic acids is 2. The van der Waals surface area contributed by atoms with Gasteiger partial charge in [0.2, 0.25) is 5.78 Å². The molecule has 7 heteroatoms. The molecule has 1 aliphatic rings. The van der Waals surface area contributed by atoms with Crippen molar-refractivity contribution in [1.29, 1.82) is 0 Å². The maximum atomic E-state index is 13.4. The fraction of sp³-hybridized carbons (Fsp3) is 0.375. The number of hydrogen-bond acceptors (Lipinski definition) is 6. The van der Waals surface area contributed by atoms with Crippen LogP contribution in [0.1, 0.15) is 39.8 Å². The largest absolute Gasteiger partial charge is 0.503 e. The Kier molecular flexibility index (Phi) is 7.41. The van der Waals surface area contributed by atoms with Crippen LogP contribution in [0, 0.1) is 13.8 Å². The minimum absolute atomic E-state index is 0.128. The molecule has 1 atom stereocenters. The predicted octanol–water partition coefficient (Wildman–Crippen LogP) is 4.02. The molecule has 0 radical (unpaired) electrons. The Bertz CT molecular complexity index is 1010. The monoisotopic (exact) mass is 439 g/mol. The van der Waals surface area contributed by atoms with Gasteiger partial charge in [0.15, 0.2) is 5.76 Å². The van der Waals surface area contributed by atoms with Crippen molar-refractivity contribution < 1.29 is 14.7 Å². The zero-order valence-corrected chi connectivity index (χ0v) is 19.3. The fourth-order valence-electron chi connectivity index (χ4n) is 3.78. The number of aryl methyl sites for hydroxylation is 2. The summed E-state index contributed by atoms with van der Waals surface area (Å²) in [5, 5.41) is 11.5. The van der Waals surface area contributed by atoms with Crippen LogP contribution >= 0.6 is 11.3 Å². The molecule has 1 aromatic carbocycles. The van der Waals surface area contributed by atoms with Crippen LogP contribution in [0.25, 0.3) is 6.08 Å². The first kappa shape index (κ1) is 22.9. The van der Waals surface area contributed by atoms with E-state index in [1.807, 2.05) is 49.4 Å². The second-order valence-corrected chi connectivity index (χ2v) is 8.68. The number of nitrogens with zero attached hydrogens (tertiary/aromatic N) is 3. The highest BCUT2D eigenvalue weighted by Gasteiger charge is 2.42. The summed E-state index contributed by atoms with van der Waals surface area (Å²) in [4.78, 5) is 34.9. The van der Waals surface area contributed by atoms with Gasteiger partial charge in [-0.05, 0) is 32.5 Å². The number of Topliss-reactive ketones (excluding diaryl/α,β-unsaturated/α-hetero) is 1. The van der Waals surface area contributed by atoms with Crippen molar-refractivity contribution in [1.82, 2.24) is 14.8 Å². The average molecular weight is 440 g/mol. The van der Waals surface area contributed by atoms with Crippen LogP contribution in [-0.4, -0.2) is 63.8 Å². The van der Waals surface area contributed by atoms with Crippen molar-refractivity contribution in [3.8, 4) is 0 Å². The lowest BCUT2D eigenvalue weighted by atomic mass is 10.0. The van der Waals surface area contributed by atoms with Gasteiger partial charge >= 0.3 is 0 Å². The molecule has 164 valence electrons. The van der Waals surface area contributed by atoms with Gasteiger partial charge in [-0.3, -0.25) is 9.59 Å². The first-order valence-electron chi connectivity index (χ1n) is 10.6. The summed E-state index contributed by atoms with van der Waals surface area (Å²) in [5.41, 5.74) is 1.71. The molecule has 2 aromatic rings. The van der Waals surface area contributed by atoms with Crippen LogP contribution < -0.4 is 0 Å². The molecule has 0 aliphatic carbocycles. The van der Waals surface area contributed by atoms with Gasteiger partial charge in [0.05, 0.1) is 27.2 Å². The smallest absolute Gasteiger partial charge is 0.290 e. The topological polar surface area (TPSA) is 73.7 Å². The highest BCUT2D eigenvalue weighted by atomic mass is 32.1. The summed E-state index contributed by atoms with van der Waals surface area (Å²) < 4.78 is 0. The van der Waals surface area contributed by atoms with Crippen LogP contribution in [0.4, 0.5) is 0 Å². The van der Waals surface area contributed by atoms with Crippen LogP contribution in [0.2, 0.25) is 0 Å². The lowest BCUT2D eigenvalue weighted by Gasteiger charge is -2.27. The summed E-state index contributed by atoms with van der Waals surface area (Å²) in [6.45, 7) is 10.6. The number of ketones is 1. The molecule has 0 bridgehead atoms. The quantitative estimate of drug-likeness (QED) is 0.598. The van der Waals surface area contributed by atoms with E-state index in [1.165, 1.54) is 11.3 Å². The molecular weight excluding hydrogens is 410 g/mol. The van der Waals surface area contributed by atoms with E-state index in [-0.39, 0.29) is 11.4 Å². The van der Waals surface area contributed by atoms with E-state index >= 15 is 0 Å². The normalized spacial score (nSPS) is 16.9. The zero-order chi connectivity index (χ0) is 22.5. The first-order chi connectivity index (χ1) is 14.9. The van der Waals surface area contributed by atoms with E-state index in [0.717, 1.165) is 23.7 Å². The second-order valence-electron chi connectivity index (χ2n) is 7.48. The van der Waals surface area contributed by atoms with Gasteiger partial charge in [-0.25, -0.2) is 4.98 Å². The number of rotatable bonds is 9. The summed E-state index contributed by atoms with van der Waals surface area (Å²) in [5.74, 6) is -1.29. The van der Waals surface area contributed by atoms with Gasteiger partial charge < -0.3 is 14.9 Å². The van der Waals surface area contributed by atoms with E-state index in [9.17, 15) is 14.7 Å². The SMILES string of the molecule is CCN(CC)CCN1C(=O)C(O)=C(C(=O)c2sc(C)nc2C)C1/C=C/c1ccccc1. The second kappa shape index (κ2) is 10.0. The third kappa shape index (κ3) is 4.94. The molecule has 2 heterocycles. The van der Waals surface area contributed by atoms with Gasteiger partial charge in [0, 0.05) is 13.1 Å². The zero-order valence-electron chi connectivity index (χ0n) is 18.5. The number of aromatic nitrogens is 1. The van der Waals surface area contributed by atoms with Gasteiger partial charge in [0.1, 0.15) is 0 Å². The molecule has 3 rings (SSSR count). The number of aliphatic hydroxyl groups excluding tert-OH is 1. The molecule has 0 saturated carbocycles. The van der Waals surface area contributed by atoms with Crippen molar-refractivity contribution in [3.05, 3.63) is 68.9 Å². The lowest BCUT2D eigenvalue weighted by molar-refractivity contribution is -0.128. The number of amides is 1. The Morgan fingerprint density at radius 1 is 1.23 bits per heavy atom. The Labute approximate surface area is 187 Å². The number of thiazole rings is 1. The fourth-order valence-corrected chi connectivity index (χ4v) is 4.65. The van der Waals surface area contributed by atoms with Crippen LogP contribution in [0.5, 0.6) is 0 Å². The van der Waals surface area contributed by atoms with Crippen LogP contribution in [-0.2, 0) is 4.79 Å². The molecular formula is C24H29N3O3S. The Morgan fingerprint density at radius 3 is 2.48 bits per heavy atom. The van der Waals surface area contributed by atoms with Gasteiger partial charge in [-0.1, -0.05) is 56.3 Å².